The quantitative estimate of drug-likeness (QED) is 0.127. The van der Waals surface area contributed by atoms with Gasteiger partial charge in [0.05, 0.1) is 25.8 Å². The van der Waals surface area contributed by atoms with Crippen molar-refractivity contribution in [1.29, 1.82) is 0 Å². The first kappa shape index (κ1) is 62.0. The molecule has 10 amide bonds. The second kappa shape index (κ2) is 28.8. The van der Waals surface area contributed by atoms with E-state index in [1.54, 1.807) is 99.6 Å². The Morgan fingerprint density at radius 3 is 1.53 bits per heavy atom. The summed E-state index contributed by atoms with van der Waals surface area (Å²) in [7, 11) is 3.99. The van der Waals surface area contributed by atoms with Gasteiger partial charge in [-0.2, -0.15) is 0 Å². The Morgan fingerprint density at radius 1 is 0.542 bits per heavy atom. The Labute approximate surface area is 424 Å². The van der Waals surface area contributed by atoms with Crippen molar-refractivity contribution in [1.82, 2.24) is 51.9 Å². The average Bonchev–Trinajstić information content (AvgIpc) is 3.31. The number of amides is 10. The lowest BCUT2D eigenvalue weighted by atomic mass is 9.97. The smallest absolute Gasteiger partial charge is 0.246 e. The van der Waals surface area contributed by atoms with Crippen LogP contribution in [0.2, 0.25) is 0 Å². The van der Waals surface area contributed by atoms with Crippen LogP contribution in [0.15, 0.2) is 30.3 Å². The second-order valence-corrected chi connectivity index (χ2v) is 20.2. The average molecular weight is 1020 g/mol. The molecule has 9 N–H and O–H groups in total. The van der Waals surface area contributed by atoms with Crippen molar-refractivity contribution in [2.24, 2.45) is 29.6 Å². The molecule has 404 valence electrons. The highest BCUT2D eigenvalue weighted by Crippen LogP contribution is 2.18. The zero-order valence-corrected chi connectivity index (χ0v) is 44.5. The van der Waals surface area contributed by atoms with Gasteiger partial charge >= 0.3 is 0 Å². The third-order valence-electron chi connectivity index (χ3n) is 12.8. The van der Waals surface area contributed by atoms with Crippen LogP contribution in [0.4, 0.5) is 0 Å². The fourth-order valence-electron chi connectivity index (χ4n) is 8.40. The van der Waals surface area contributed by atoms with Crippen LogP contribution in [-0.2, 0) is 54.4 Å². The second-order valence-electron chi connectivity index (χ2n) is 20.2. The van der Waals surface area contributed by atoms with Crippen molar-refractivity contribution in [3.63, 3.8) is 0 Å². The monoisotopic (exact) mass is 1010 g/mol. The first-order valence-electron chi connectivity index (χ1n) is 24.8. The number of carbonyl (C=O) groups is 10. The number of aliphatic hydroxyl groups is 2. The normalized spacial score (nSPS) is 26.1. The fourth-order valence-corrected chi connectivity index (χ4v) is 8.40. The van der Waals surface area contributed by atoms with Gasteiger partial charge in [0.25, 0.3) is 0 Å². The molecule has 0 aliphatic carbocycles. The molecule has 0 radical (unpaired) electrons. The molecule has 1 aromatic rings. The van der Waals surface area contributed by atoms with Gasteiger partial charge in [-0.3, -0.25) is 47.9 Å². The van der Waals surface area contributed by atoms with Gasteiger partial charge in [0, 0.05) is 27.6 Å². The van der Waals surface area contributed by atoms with Gasteiger partial charge in [-0.1, -0.05) is 106 Å². The van der Waals surface area contributed by atoms with E-state index < -0.39 is 157 Å². The molecular formula is C50H82N10O12. The molecule has 0 spiro atoms. The van der Waals surface area contributed by atoms with E-state index in [4.69, 9.17) is 0 Å². The number of benzene rings is 1. The van der Waals surface area contributed by atoms with Gasteiger partial charge in [-0.15, -0.1) is 0 Å². The largest absolute Gasteiger partial charge is 0.394 e. The minimum Gasteiger partial charge on any atom is -0.394 e. The van der Waals surface area contributed by atoms with Gasteiger partial charge < -0.3 is 62.1 Å². The number of nitrogens with one attached hydrogen (secondary N) is 7. The fraction of sp³-hybridized carbons (Fsp3) is 0.680. The molecule has 0 unspecified atom stereocenters. The molecule has 10 atom stereocenters. The van der Waals surface area contributed by atoms with Crippen molar-refractivity contribution in [3.8, 4) is 0 Å². The molecule has 2 rings (SSSR count). The van der Waals surface area contributed by atoms with Crippen LogP contribution in [0.25, 0.3) is 0 Å². The van der Waals surface area contributed by atoms with E-state index >= 15 is 0 Å². The van der Waals surface area contributed by atoms with Crippen molar-refractivity contribution in [2.45, 2.75) is 150 Å². The van der Waals surface area contributed by atoms with E-state index in [0.717, 1.165) is 14.7 Å². The SMILES string of the molecule is CC[C@@H](C)[C@@H]1NC(=O)CNC(=O)[C@H](Cc2ccccc2)N(C)C(=O)[C@H](C(C)C)NC(=O)[C@H]([C@@H](C)O)N(C)C(=O)[C@H](CC(C)C)NC(=O)CNC(=O)[C@H](C(C)C)N(C)C(=O)[C@H](C(C)C)NC(=O)[C@H](CO)NC1=O. The van der Waals surface area contributed by atoms with E-state index in [2.05, 4.69) is 37.2 Å². The van der Waals surface area contributed by atoms with Gasteiger partial charge in [0.2, 0.25) is 59.1 Å². The van der Waals surface area contributed by atoms with Crippen LogP contribution >= 0.6 is 0 Å². The Hall–Kier alpha value is -6.16. The maximum absolute atomic E-state index is 14.5. The van der Waals surface area contributed by atoms with Crippen LogP contribution in [0.1, 0.15) is 94.6 Å². The van der Waals surface area contributed by atoms with Crippen LogP contribution < -0.4 is 37.2 Å². The molecule has 1 aromatic carbocycles. The summed E-state index contributed by atoms with van der Waals surface area (Å²) in [6, 6.07) is -2.00. The van der Waals surface area contributed by atoms with Crippen LogP contribution in [0.3, 0.4) is 0 Å². The Balaban J connectivity index is 2.75. The van der Waals surface area contributed by atoms with Crippen molar-refractivity contribution >= 4 is 59.1 Å². The number of nitrogens with zero attached hydrogens (tertiary/aromatic N) is 3. The Kier molecular flexibility index (Phi) is 24.8. The summed E-state index contributed by atoms with van der Waals surface area (Å²) in [5.41, 5.74) is 0.649. The summed E-state index contributed by atoms with van der Waals surface area (Å²) in [6.45, 7) is 16.0. The van der Waals surface area contributed by atoms with E-state index in [-0.39, 0.29) is 18.8 Å². The lowest BCUT2D eigenvalue weighted by Crippen LogP contribution is -2.63. The first-order chi connectivity index (χ1) is 33.6. The summed E-state index contributed by atoms with van der Waals surface area (Å²) in [4.78, 5) is 143. The van der Waals surface area contributed by atoms with Gasteiger partial charge in [-0.05, 0) is 48.5 Å². The molecule has 0 aromatic heterocycles. The lowest BCUT2D eigenvalue weighted by Gasteiger charge is -2.36. The topological polar surface area (TPSA) is 305 Å². The molecule has 0 bridgehead atoms. The molecule has 22 nitrogen and oxygen atoms in total. The predicted molar refractivity (Wildman–Crippen MR) is 268 cm³/mol. The molecule has 1 fully saturated rings. The van der Waals surface area contributed by atoms with Crippen molar-refractivity contribution in [2.75, 3.05) is 40.8 Å². The van der Waals surface area contributed by atoms with E-state index in [9.17, 15) is 58.2 Å². The summed E-state index contributed by atoms with van der Waals surface area (Å²) >= 11 is 0. The molecule has 1 heterocycles. The summed E-state index contributed by atoms with van der Waals surface area (Å²) in [5, 5.41) is 39.4. The number of hydrogen-bond donors (Lipinski definition) is 9. The van der Waals surface area contributed by atoms with E-state index in [0.29, 0.717) is 12.0 Å². The summed E-state index contributed by atoms with van der Waals surface area (Å²) in [6.07, 6.45) is -1.08. The Bertz CT molecular complexity index is 2050. The number of aliphatic hydroxyl groups excluding tert-OH is 2. The molecular weight excluding hydrogens is 933 g/mol. The molecule has 1 aliphatic heterocycles. The maximum Gasteiger partial charge on any atom is 0.246 e. The first-order valence-corrected chi connectivity index (χ1v) is 24.8. The standard InChI is InChI=1S/C50H82N10O12/c1-15-30(10)40-45(67)54-34(25-61)43(65)56-39(28(6)7)50(72)59(13)41(29(8)9)46(68)52-23-36(63)53-33(21-26(2)3)48(70)60(14)42(31(11)62)47(69)57-38(27(4)5)49(71)58(12)35(22-32-19-17-16-18-20-32)44(66)51-24-37(64)55-40/h16-20,26-31,33-35,38-42,61-62H,15,21-25H2,1-14H3,(H,51,66)(H,52,68)(H,53,63)(H,54,67)(H,55,64)(H,56,65)(H,57,69)/t30-,31-,33+,34+,35+,38+,39+,40+,41+,42+/m1/s1. The van der Waals surface area contributed by atoms with Crippen LogP contribution in [0, 0.1) is 29.6 Å². The molecule has 22 heteroatoms. The zero-order chi connectivity index (χ0) is 54.9. The van der Waals surface area contributed by atoms with Crippen LogP contribution in [-0.4, -0.2) is 179 Å². The zero-order valence-electron chi connectivity index (χ0n) is 44.5. The van der Waals surface area contributed by atoms with E-state index in [1.165, 1.54) is 28.1 Å². The van der Waals surface area contributed by atoms with Crippen LogP contribution in [0.5, 0.6) is 0 Å². The van der Waals surface area contributed by atoms with Gasteiger partial charge in [0.15, 0.2) is 0 Å². The van der Waals surface area contributed by atoms with E-state index in [1.807, 2.05) is 0 Å². The van der Waals surface area contributed by atoms with Crippen molar-refractivity contribution in [3.05, 3.63) is 35.9 Å². The molecule has 72 heavy (non-hydrogen) atoms. The molecule has 0 saturated carbocycles. The third kappa shape index (κ3) is 17.6. The summed E-state index contributed by atoms with van der Waals surface area (Å²) in [5.74, 6) is -10.4. The highest BCUT2D eigenvalue weighted by Gasteiger charge is 2.41. The number of carbonyl (C=O) groups excluding carboxylic acids is 10. The molecule has 1 aliphatic rings. The minimum atomic E-state index is -1.60. The number of likely N-dealkylation sites (N-methyl/N-ethyl adjacent to an activating group) is 3. The third-order valence-corrected chi connectivity index (χ3v) is 12.8. The Morgan fingerprint density at radius 2 is 1.04 bits per heavy atom. The van der Waals surface area contributed by atoms with Gasteiger partial charge in [-0.25, -0.2) is 0 Å². The van der Waals surface area contributed by atoms with Crippen molar-refractivity contribution < 1.29 is 58.2 Å². The predicted octanol–water partition coefficient (Wildman–Crippen LogP) is -1.19. The lowest BCUT2D eigenvalue weighted by molar-refractivity contribution is -0.148. The minimum absolute atomic E-state index is 0.0319. The highest BCUT2D eigenvalue weighted by atomic mass is 16.3. The van der Waals surface area contributed by atoms with Gasteiger partial charge in [0.1, 0.15) is 48.3 Å². The number of hydrogen-bond acceptors (Lipinski definition) is 12. The molecule has 1 saturated heterocycles. The maximum atomic E-state index is 14.5. The summed E-state index contributed by atoms with van der Waals surface area (Å²) < 4.78 is 0. The highest BCUT2D eigenvalue weighted by molar-refractivity contribution is 5.99. The number of rotatable bonds is 11.